The van der Waals surface area contributed by atoms with Crippen molar-refractivity contribution in [3.8, 4) is 5.75 Å². The summed E-state index contributed by atoms with van der Waals surface area (Å²) in [5.74, 6) is 0.673. The first kappa shape index (κ1) is 14.0. The number of hydrogen-bond donors (Lipinski definition) is 1. The molecule has 104 valence electrons. The lowest BCUT2D eigenvalue weighted by Crippen LogP contribution is -2.31. The molecule has 0 aliphatic carbocycles. The van der Waals surface area contributed by atoms with Gasteiger partial charge in [-0.15, -0.1) is 0 Å². The van der Waals surface area contributed by atoms with Crippen LogP contribution >= 0.6 is 0 Å². The second-order valence-electron chi connectivity index (χ2n) is 4.54. The standard InChI is InChI=1S/C15H17N3O2/c1-10-9-11(2)17-15(16-10)18-14(19)12(3)20-13-7-5-4-6-8-13/h4-9,12H,1-3H3,(H,16,17,18,19). The van der Waals surface area contributed by atoms with Crippen LogP contribution in [0.2, 0.25) is 0 Å². The Bertz CT molecular complexity index is 579. The van der Waals surface area contributed by atoms with Gasteiger partial charge in [-0.1, -0.05) is 18.2 Å². The number of anilines is 1. The lowest BCUT2D eigenvalue weighted by molar-refractivity contribution is -0.122. The number of aryl methyl sites for hydroxylation is 2. The maximum absolute atomic E-state index is 12.0. The van der Waals surface area contributed by atoms with Crippen molar-refractivity contribution in [2.75, 3.05) is 5.32 Å². The van der Waals surface area contributed by atoms with Gasteiger partial charge in [0.2, 0.25) is 5.95 Å². The van der Waals surface area contributed by atoms with E-state index in [0.717, 1.165) is 11.4 Å². The SMILES string of the molecule is Cc1cc(C)nc(NC(=O)C(C)Oc2ccccc2)n1. The van der Waals surface area contributed by atoms with Crippen LogP contribution in [0.25, 0.3) is 0 Å². The van der Waals surface area contributed by atoms with Gasteiger partial charge in [-0.2, -0.15) is 0 Å². The maximum atomic E-state index is 12.0. The lowest BCUT2D eigenvalue weighted by Gasteiger charge is -2.14. The Balaban J connectivity index is 2.00. The zero-order chi connectivity index (χ0) is 14.5. The molecule has 5 heteroatoms. The van der Waals surface area contributed by atoms with Gasteiger partial charge in [0.05, 0.1) is 0 Å². The highest BCUT2D eigenvalue weighted by atomic mass is 16.5. The summed E-state index contributed by atoms with van der Waals surface area (Å²) in [6, 6.07) is 11.1. The number of carbonyl (C=O) groups is 1. The summed E-state index contributed by atoms with van der Waals surface area (Å²) in [5.41, 5.74) is 1.62. The highest BCUT2D eigenvalue weighted by molar-refractivity contribution is 5.92. The van der Waals surface area contributed by atoms with E-state index in [0.29, 0.717) is 11.7 Å². The van der Waals surface area contributed by atoms with Crippen LogP contribution in [0.1, 0.15) is 18.3 Å². The molecule has 2 rings (SSSR count). The molecule has 1 aromatic carbocycles. The van der Waals surface area contributed by atoms with E-state index in [1.165, 1.54) is 0 Å². The van der Waals surface area contributed by atoms with Crippen LogP contribution in [0.5, 0.6) is 5.75 Å². The number of hydrogen-bond acceptors (Lipinski definition) is 4. The number of ether oxygens (including phenoxy) is 1. The molecule has 20 heavy (non-hydrogen) atoms. The first-order chi connectivity index (χ1) is 9.54. The summed E-state index contributed by atoms with van der Waals surface area (Å²) >= 11 is 0. The molecule has 5 nitrogen and oxygen atoms in total. The molecule has 1 amide bonds. The van der Waals surface area contributed by atoms with Crippen LogP contribution in [0.15, 0.2) is 36.4 Å². The van der Waals surface area contributed by atoms with Crippen molar-refractivity contribution in [3.05, 3.63) is 47.8 Å². The summed E-state index contributed by atoms with van der Waals surface area (Å²) in [7, 11) is 0. The second-order valence-corrected chi connectivity index (χ2v) is 4.54. The molecule has 0 bridgehead atoms. The van der Waals surface area contributed by atoms with Gasteiger partial charge in [0, 0.05) is 11.4 Å². The van der Waals surface area contributed by atoms with Gasteiger partial charge in [0.25, 0.3) is 5.91 Å². The minimum atomic E-state index is -0.623. The second kappa shape index (κ2) is 6.14. The average molecular weight is 271 g/mol. The fourth-order valence-corrected chi connectivity index (χ4v) is 1.75. The number of aromatic nitrogens is 2. The largest absolute Gasteiger partial charge is 0.481 e. The number of para-hydroxylation sites is 1. The van der Waals surface area contributed by atoms with Gasteiger partial charge in [-0.3, -0.25) is 10.1 Å². The van der Waals surface area contributed by atoms with Crippen LogP contribution in [0.4, 0.5) is 5.95 Å². The Kier molecular flexibility index (Phi) is 4.30. The number of amides is 1. The normalized spacial score (nSPS) is 11.8. The molecule has 1 atom stereocenters. The molecule has 0 radical (unpaired) electrons. The van der Waals surface area contributed by atoms with Gasteiger partial charge >= 0.3 is 0 Å². The van der Waals surface area contributed by atoms with Gasteiger partial charge < -0.3 is 4.74 Å². The first-order valence-corrected chi connectivity index (χ1v) is 6.39. The van der Waals surface area contributed by atoms with Crippen LogP contribution in [0, 0.1) is 13.8 Å². The van der Waals surface area contributed by atoms with E-state index in [1.807, 2.05) is 38.1 Å². The van der Waals surface area contributed by atoms with Crippen LogP contribution in [0.3, 0.4) is 0 Å². The zero-order valence-corrected chi connectivity index (χ0v) is 11.8. The van der Waals surface area contributed by atoms with Crippen molar-refractivity contribution in [2.24, 2.45) is 0 Å². The molecule has 0 spiro atoms. The number of rotatable bonds is 4. The van der Waals surface area contributed by atoms with Gasteiger partial charge in [0.15, 0.2) is 6.10 Å². The van der Waals surface area contributed by atoms with Gasteiger partial charge in [-0.05, 0) is 39.0 Å². The van der Waals surface area contributed by atoms with E-state index in [1.54, 1.807) is 19.1 Å². The number of benzene rings is 1. The number of nitrogens with zero attached hydrogens (tertiary/aromatic N) is 2. The van der Waals surface area contributed by atoms with Crippen molar-refractivity contribution in [2.45, 2.75) is 26.9 Å². The zero-order valence-electron chi connectivity index (χ0n) is 11.8. The Labute approximate surface area is 118 Å². The third-order valence-corrected chi connectivity index (χ3v) is 2.64. The molecule has 0 saturated carbocycles. The third-order valence-electron chi connectivity index (χ3n) is 2.64. The van der Waals surface area contributed by atoms with E-state index in [-0.39, 0.29) is 5.91 Å². The number of nitrogens with one attached hydrogen (secondary N) is 1. The van der Waals surface area contributed by atoms with Crippen LogP contribution in [-0.2, 0) is 4.79 Å². The fourth-order valence-electron chi connectivity index (χ4n) is 1.75. The summed E-state index contributed by atoms with van der Waals surface area (Å²) in [6.45, 7) is 5.40. The molecule has 1 heterocycles. The first-order valence-electron chi connectivity index (χ1n) is 6.39. The van der Waals surface area contributed by atoms with Crippen molar-refractivity contribution in [1.29, 1.82) is 0 Å². The van der Waals surface area contributed by atoms with E-state index < -0.39 is 6.10 Å². The van der Waals surface area contributed by atoms with Crippen molar-refractivity contribution < 1.29 is 9.53 Å². The van der Waals surface area contributed by atoms with E-state index >= 15 is 0 Å². The maximum Gasteiger partial charge on any atom is 0.267 e. The number of carbonyl (C=O) groups excluding carboxylic acids is 1. The van der Waals surface area contributed by atoms with E-state index in [4.69, 9.17) is 4.74 Å². The van der Waals surface area contributed by atoms with Gasteiger partial charge in [-0.25, -0.2) is 9.97 Å². The summed E-state index contributed by atoms with van der Waals surface area (Å²) < 4.78 is 5.54. The van der Waals surface area contributed by atoms with Crippen LogP contribution < -0.4 is 10.1 Å². The predicted octanol–water partition coefficient (Wildman–Crippen LogP) is 2.50. The lowest BCUT2D eigenvalue weighted by atomic mass is 10.3. The monoisotopic (exact) mass is 271 g/mol. The third kappa shape index (κ3) is 3.78. The molecule has 0 aliphatic heterocycles. The van der Waals surface area contributed by atoms with E-state index in [9.17, 15) is 4.79 Å². The minimum Gasteiger partial charge on any atom is -0.481 e. The summed E-state index contributed by atoms with van der Waals surface area (Å²) in [4.78, 5) is 20.4. The topological polar surface area (TPSA) is 64.1 Å². The minimum absolute atomic E-state index is 0.279. The highest BCUT2D eigenvalue weighted by Crippen LogP contribution is 2.12. The quantitative estimate of drug-likeness (QED) is 0.928. The van der Waals surface area contributed by atoms with Crippen molar-refractivity contribution in [3.63, 3.8) is 0 Å². The molecule has 1 aromatic heterocycles. The molecular formula is C15H17N3O2. The molecule has 0 fully saturated rings. The molecule has 2 aromatic rings. The molecular weight excluding hydrogens is 254 g/mol. The van der Waals surface area contributed by atoms with Crippen molar-refractivity contribution in [1.82, 2.24) is 9.97 Å². The Morgan fingerprint density at radius 2 is 1.75 bits per heavy atom. The van der Waals surface area contributed by atoms with Crippen LogP contribution in [-0.4, -0.2) is 22.0 Å². The highest BCUT2D eigenvalue weighted by Gasteiger charge is 2.16. The molecule has 1 N–H and O–H groups in total. The van der Waals surface area contributed by atoms with E-state index in [2.05, 4.69) is 15.3 Å². The molecule has 0 aliphatic rings. The summed E-state index contributed by atoms with van der Waals surface area (Å²) in [5, 5.41) is 2.66. The Hall–Kier alpha value is -2.43. The smallest absolute Gasteiger partial charge is 0.267 e. The average Bonchev–Trinajstić information content (AvgIpc) is 2.38. The Morgan fingerprint density at radius 3 is 2.35 bits per heavy atom. The van der Waals surface area contributed by atoms with Gasteiger partial charge in [0.1, 0.15) is 5.75 Å². The predicted molar refractivity (Wildman–Crippen MR) is 76.7 cm³/mol. The molecule has 1 unspecified atom stereocenters. The molecule has 0 saturated heterocycles. The Morgan fingerprint density at radius 1 is 1.15 bits per heavy atom. The fraction of sp³-hybridized carbons (Fsp3) is 0.267. The summed E-state index contributed by atoms with van der Waals surface area (Å²) in [6.07, 6.45) is -0.623. The van der Waals surface area contributed by atoms with Crippen molar-refractivity contribution >= 4 is 11.9 Å².